The molecule has 0 aliphatic carbocycles. The number of benzene rings is 1. The highest BCUT2D eigenvalue weighted by Gasteiger charge is 2.29. The summed E-state index contributed by atoms with van der Waals surface area (Å²) in [6.45, 7) is 4.20. The van der Waals surface area contributed by atoms with Crippen LogP contribution in [0.5, 0.6) is 11.5 Å². The van der Waals surface area contributed by atoms with Crippen LogP contribution >= 0.6 is 11.8 Å². The van der Waals surface area contributed by atoms with Crippen molar-refractivity contribution in [3.63, 3.8) is 0 Å². The molecule has 5 nitrogen and oxygen atoms in total. The van der Waals surface area contributed by atoms with Crippen LogP contribution in [-0.4, -0.2) is 48.0 Å². The molecule has 1 aromatic carbocycles. The first-order chi connectivity index (χ1) is 11.1. The highest BCUT2D eigenvalue weighted by molar-refractivity contribution is 8.13. The summed E-state index contributed by atoms with van der Waals surface area (Å²) in [6, 6.07) is 5.96. The van der Waals surface area contributed by atoms with Gasteiger partial charge in [-0.3, -0.25) is 9.59 Å². The van der Waals surface area contributed by atoms with E-state index in [1.54, 1.807) is 6.92 Å². The fraction of sp³-hybridized carbons (Fsp3) is 0.529. The maximum Gasteiger partial charge on any atom is 0.222 e. The topological polar surface area (TPSA) is 55.8 Å². The molecule has 0 saturated carbocycles. The third-order valence-electron chi connectivity index (χ3n) is 4.09. The van der Waals surface area contributed by atoms with Crippen LogP contribution in [0.2, 0.25) is 0 Å². The van der Waals surface area contributed by atoms with Gasteiger partial charge in [0.2, 0.25) is 5.91 Å². The van der Waals surface area contributed by atoms with E-state index < -0.39 is 0 Å². The number of hydrogen-bond donors (Lipinski definition) is 0. The third-order valence-corrected chi connectivity index (χ3v) is 5.14. The van der Waals surface area contributed by atoms with E-state index in [9.17, 15) is 9.59 Å². The highest BCUT2D eigenvalue weighted by Crippen LogP contribution is 2.31. The Kier molecular flexibility index (Phi) is 5.10. The van der Waals surface area contributed by atoms with Gasteiger partial charge in [-0.2, -0.15) is 0 Å². The Morgan fingerprint density at radius 1 is 1.30 bits per heavy atom. The van der Waals surface area contributed by atoms with Crippen molar-refractivity contribution in [3.05, 3.63) is 23.8 Å². The lowest BCUT2D eigenvalue weighted by Gasteiger charge is -2.20. The van der Waals surface area contributed by atoms with Crippen LogP contribution in [0.25, 0.3) is 0 Å². The minimum absolute atomic E-state index is 0.118. The zero-order chi connectivity index (χ0) is 16.2. The maximum atomic E-state index is 12.1. The Morgan fingerprint density at radius 3 is 2.87 bits per heavy atom. The fourth-order valence-corrected chi connectivity index (χ4v) is 3.62. The van der Waals surface area contributed by atoms with Crippen LogP contribution in [0.3, 0.4) is 0 Å². The molecule has 23 heavy (non-hydrogen) atoms. The number of carbonyl (C=O) groups is 2. The molecule has 1 amide bonds. The number of fused-ring (bicyclic) bond motifs is 1. The largest absolute Gasteiger partial charge is 0.486 e. The Morgan fingerprint density at radius 2 is 2.09 bits per heavy atom. The van der Waals surface area contributed by atoms with E-state index in [-0.39, 0.29) is 16.9 Å². The lowest BCUT2D eigenvalue weighted by atomic mass is 10.1. The van der Waals surface area contributed by atoms with Gasteiger partial charge in [0, 0.05) is 32.2 Å². The van der Waals surface area contributed by atoms with E-state index in [0.29, 0.717) is 26.2 Å². The molecular formula is C17H21NO4S. The molecule has 2 heterocycles. The first-order valence-electron chi connectivity index (χ1n) is 7.91. The van der Waals surface area contributed by atoms with Crippen molar-refractivity contribution in [1.29, 1.82) is 0 Å². The number of likely N-dealkylation sites (tertiary alicyclic amines) is 1. The molecular weight excluding hydrogens is 314 g/mol. The van der Waals surface area contributed by atoms with Gasteiger partial charge in [0.25, 0.3) is 0 Å². The number of ether oxygens (including phenoxy) is 2. The summed E-state index contributed by atoms with van der Waals surface area (Å²) in [5.74, 6) is 2.80. The van der Waals surface area contributed by atoms with E-state index >= 15 is 0 Å². The molecule has 0 radical (unpaired) electrons. The van der Waals surface area contributed by atoms with Crippen molar-refractivity contribution in [3.8, 4) is 11.5 Å². The zero-order valence-corrected chi connectivity index (χ0v) is 14.1. The van der Waals surface area contributed by atoms with Gasteiger partial charge >= 0.3 is 0 Å². The zero-order valence-electron chi connectivity index (χ0n) is 13.2. The second kappa shape index (κ2) is 7.25. The first kappa shape index (κ1) is 16.2. The summed E-state index contributed by atoms with van der Waals surface area (Å²) < 4.78 is 11.1. The number of rotatable bonds is 5. The van der Waals surface area contributed by atoms with Gasteiger partial charge in [-0.05, 0) is 30.0 Å². The molecule has 2 aliphatic rings. The Bertz CT molecular complexity index is 604. The minimum atomic E-state index is 0.118. The van der Waals surface area contributed by atoms with Crippen LogP contribution in [0.15, 0.2) is 18.2 Å². The van der Waals surface area contributed by atoms with Crippen molar-refractivity contribution in [1.82, 2.24) is 4.90 Å². The molecule has 0 spiro atoms. The van der Waals surface area contributed by atoms with E-state index in [4.69, 9.17) is 9.47 Å². The SMILES string of the molecule is CC(=O)SCC1CC(=O)N(CCc2ccc3c(c2)OCCO3)C1. The van der Waals surface area contributed by atoms with Gasteiger partial charge in [-0.25, -0.2) is 0 Å². The molecule has 1 atom stereocenters. The van der Waals surface area contributed by atoms with E-state index in [2.05, 4.69) is 0 Å². The molecule has 124 valence electrons. The van der Waals surface area contributed by atoms with Crippen molar-refractivity contribution in [2.75, 3.05) is 32.1 Å². The van der Waals surface area contributed by atoms with Crippen molar-refractivity contribution < 1.29 is 19.1 Å². The second-order valence-corrected chi connectivity index (χ2v) is 7.14. The lowest BCUT2D eigenvalue weighted by molar-refractivity contribution is -0.127. The summed E-state index contributed by atoms with van der Waals surface area (Å²) in [5.41, 5.74) is 1.14. The average molecular weight is 335 g/mol. The predicted octanol–water partition coefficient (Wildman–Crippen LogP) is 2.13. The number of amides is 1. The van der Waals surface area contributed by atoms with Gasteiger partial charge in [-0.1, -0.05) is 17.8 Å². The molecule has 1 unspecified atom stereocenters. The molecule has 0 N–H and O–H groups in total. The first-order valence-corrected chi connectivity index (χ1v) is 8.90. The van der Waals surface area contributed by atoms with Gasteiger partial charge < -0.3 is 14.4 Å². The monoisotopic (exact) mass is 335 g/mol. The van der Waals surface area contributed by atoms with Crippen molar-refractivity contribution >= 4 is 22.8 Å². The van der Waals surface area contributed by atoms with E-state index in [1.165, 1.54) is 11.8 Å². The van der Waals surface area contributed by atoms with E-state index in [0.717, 1.165) is 35.8 Å². The van der Waals surface area contributed by atoms with Gasteiger partial charge in [0.1, 0.15) is 13.2 Å². The van der Waals surface area contributed by atoms with Crippen molar-refractivity contribution in [2.24, 2.45) is 5.92 Å². The lowest BCUT2D eigenvalue weighted by Crippen LogP contribution is -2.27. The average Bonchev–Trinajstić information content (AvgIpc) is 2.91. The van der Waals surface area contributed by atoms with Crippen LogP contribution < -0.4 is 9.47 Å². The number of hydrogen-bond acceptors (Lipinski definition) is 5. The van der Waals surface area contributed by atoms with Crippen LogP contribution in [0, 0.1) is 5.92 Å². The van der Waals surface area contributed by atoms with Crippen LogP contribution in [-0.2, 0) is 16.0 Å². The van der Waals surface area contributed by atoms with Crippen LogP contribution in [0.4, 0.5) is 0 Å². The predicted molar refractivity (Wildman–Crippen MR) is 89.0 cm³/mol. The smallest absolute Gasteiger partial charge is 0.222 e. The normalized spacial score (nSPS) is 20.0. The quantitative estimate of drug-likeness (QED) is 0.825. The molecule has 3 rings (SSSR count). The molecule has 6 heteroatoms. The van der Waals surface area contributed by atoms with Gasteiger partial charge in [-0.15, -0.1) is 0 Å². The minimum Gasteiger partial charge on any atom is -0.486 e. The molecule has 0 aromatic heterocycles. The molecule has 1 saturated heterocycles. The maximum absolute atomic E-state index is 12.1. The highest BCUT2D eigenvalue weighted by atomic mass is 32.2. The Labute approximate surface area is 140 Å². The summed E-state index contributed by atoms with van der Waals surface area (Å²) in [6.07, 6.45) is 1.36. The fourth-order valence-electron chi connectivity index (χ4n) is 2.92. The molecule has 0 bridgehead atoms. The molecule has 1 aromatic rings. The van der Waals surface area contributed by atoms with Crippen LogP contribution in [0.1, 0.15) is 18.9 Å². The molecule has 2 aliphatic heterocycles. The second-order valence-electron chi connectivity index (χ2n) is 5.94. The molecule has 1 fully saturated rings. The van der Waals surface area contributed by atoms with Crippen molar-refractivity contribution in [2.45, 2.75) is 19.8 Å². The Balaban J connectivity index is 1.52. The third kappa shape index (κ3) is 4.19. The number of nitrogens with zero attached hydrogens (tertiary/aromatic N) is 1. The summed E-state index contributed by atoms with van der Waals surface area (Å²) in [7, 11) is 0. The number of thioether (sulfide) groups is 1. The summed E-state index contributed by atoms with van der Waals surface area (Å²) in [4.78, 5) is 25.0. The Hall–Kier alpha value is -1.69. The summed E-state index contributed by atoms with van der Waals surface area (Å²) in [5, 5.41) is 0.118. The van der Waals surface area contributed by atoms with Gasteiger partial charge in [0.15, 0.2) is 16.6 Å². The van der Waals surface area contributed by atoms with Gasteiger partial charge in [0.05, 0.1) is 0 Å². The summed E-state index contributed by atoms with van der Waals surface area (Å²) >= 11 is 1.31. The number of carbonyl (C=O) groups excluding carboxylic acids is 2. The standard InChI is InChI=1S/C17H21NO4S/c1-12(19)23-11-14-9-17(20)18(10-14)5-4-13-2-3-15-16(8-13)22-7-6-21-15/h2-3,8,14H,4-7,9-11H2,1H3. The van der Waals surface area contributed by atoms with E-state index in [1.807, 2.05) is 23.1 Å².